The molecule has 14 heavy (non-hydrogen) atoms. The summed E-state index contributed by atoms with van der Waals surface area (Å²) in [5.41, 5.74) is 0. The predicted molar refractivity (Wildman–Crippen MR) is 48.2 cm³/mol. The highest BCUT2D eigenvalue weighted by Crippen LogP contribution is 2.16. The summed E-state index contributed by atoms with van der Waals surface area (Å²) in [5, 5.41) is 17.5. The minimum absolute atomic E-state index is 0.0310. The number of aliphatic hydroxyl groups is 1. The predicted octanol–water partition coefficient (Wildman–Crippen LogP) is -1.14. The van der Waals surface area contributed by atoms with E-state index in [0.29, 0.717) is 12.8 Å². The van der Waals surface area contributed by atoms with Crippen LogP contribution in [0.25, 0.3) is 0 Å². The van der Waals surface area contributed by atoms with Crippen LogP contribution in [0.5, 0.6) is 0 Å². The van der Waals surface area contributed by atoms with Crippen molar-refractivity contribution in [1.29, 1.82) is 0 Å². The third-order valence-electron chi connectivity index (χ3n) is 2.19. The highest BCUT2D eigenvalue weighted by molar-refractivity contribution is 7.89. The van der Waals surface area contributed by atoms with Crippen LogP contribution in [0.2, 0.25) is 0 Å². The fraction of sp³-hybridized carbons (Fsp3) is 0.857. The maximum Gasteiger partial charge on any atom is 0.324 e. The molecule has 1 fully saturated rings. The molecule has 1 heterocycles. The minimum Gasteiger partial charge on any atom is -0.480 e. The maximum absolute atomic E-state index is 11.4. The molecule has 1 saturated heterocycles. The number of carboxylic acid groups (broad SMARTS) is 1. The van der Waals surface area contributed by atoms with Crippen LogP contribution in [-0.4, -0.2) is 53.9 Å². The van der Waals surface area contributed by atoms with E-state index in [2.05, 4.69) is 0 Å². The first kappa shape index (κ1) is 11.4. The number of sulfonamides is 1. The van der Waals surface area contributed by atoms with E-state index in [1.165, 1.54) is 0 Å². The van der Waals surface area contributed by atoms with Crippen LogP contribution in [0.4, 0.5) is 0 Å². The van der Waals surface area contributed by atoms with Gasteiger partial charge in [0.05, 0.1) is 12.4 Å². The summed E-state index contributed by atoms with van der Waals surface area (Å²) < 4.78 is 23.7. The van der Waals surface area contributed by atoms with Crippen molar-refractivity contribution < 1.29 is 23.4 Å². The highest BCUT2D eigenvalue weighted by atomic mass is 32.2. The molecule has 1 aliphatic heterocycles. The largest absolute Gasteiger partial charge is 0.480 e. The fourth-order valence-corrected chi connectivity index (χ4v) is 3.21. The van der Waals surface area contributed by atoms with Crippen LogP contribution in [0.1, 0.15) is 12.8 Å². The molecule has 0 aromatic rings. The van der Waals surface area contributed by atoms with E-state index in [-0.39, 0.29) is 12.3 Å². The summed E-state index contributed by atoms with van der Waals surface area (Å²) in [7, 11) is -3.49. The van der Waals surface area contributed by atoms with E-state index in [4.69, 9.17) is 10.2 Å². The maximum atomic E-state index is 11.4. The van der Waals surface area contributed by atoms with E-state index >= 15 is 0 Å². The first-order chi connectivity index (χ1) is 6.49. The second kappa shape index (κ2) is 4.24. The Labute approximate surface area is 82.2 Å². The molecule has 0 aliphatic carbocycles. The van der Waals surface area contributed by atoms with Gasteiger partial charge >= 0.3 is 5.97 Å². The second-order valence-corrected chi connectivity index (χ2v) is 5.21. The molecule has 1 atom stereocenters. The van der Waals surface area contributed by atoms with Gasteiger partial charge in [-0.25, -0.2) is 8.42 Å². The van der Waals surface area contributed by atoms with Gasteiger partial charge in [0.2, 0.25) is 10.0 Å². The van der Waals surface area contributed by atoms with Crippen molar-refractivity contribution >= 4 is 16.0 Å². The molecular weight excluding hydrogens is 210 g/mol. The Morgan fingerprint density at radius 1 is 1.43 bits per heavy atom. The summed E-state index contributed by atoms with van der Waals surface area (Å²) >= 11 is 0. The average molecular weight is 223 g/mol. The Morgan fingerprint density at radius 2 is 2.07 bits per heavy atom. The van der Waals surface area contributed by atoms with Gasteiger partial charge in [0.1, 0.15) is 6.04 Å². The molecule has 1 rings (SSSR count). The molecule has 0 aromatic carbocycles. The van der Waals surface area contributed by atoms with E-state index < -0.39 is 28.6 Å². The minimum atomic E-state index is -3.49. The Morgan fingerprint density at radius 3 is 2.50 bits per heavy atom. The van der Waals surface area contributed by atoms with Crippen molar-refractivity contribution in [3.63, 3.8) is 0 Å². The van der Waals surface area contributed by atoms with Gasteiger partial charge in [-0.1, -0.05) is 0 Å². The molecule has 0 aromatic heterocycles. The van der Waals surface area contributed by atoms with Crippen LogP contribution in [-0.2, 0) is 14.8 Å². The third-order valence-corrected chi connectivity index (χ3v) is 4.15. The molecule has 1 aliphatic rings. The zero-order chi connectivity index (χ0) is 10.8. The quantitative estimate of drug-likeness (QED) is 0.630. The Kier molecular flexibility index (Phi) is 3.46. The lowest BCUT2D eigenvalue weighted by atomic mass is 10.2. The van der Waals surface area contributed by atoms with Gasteiger partial charge in [-0.3, -0.25) is 4.79 Å². The Hall–Kier alpha value is -0.660. The number of nitrogens with zero attached hydrogens (tertiary/aromatic N) is 1. The molecule has 0 saturated carbocycles. The number of hydrogen-bond donors (Lipinski definition) is 2. The molecule has 1 unspecified atom stereocenters. The molecule has 7 heteroatoms. The SMILES string of the molecule is O=C(O)C(CO)N1CCCCS1(=O)=O. The van der Waals surface area contributed by atoms with Crippen LogP contribution in [0.15, 0.2) is 0 Å². The summed E-state index contributed by atoms with van der Waals surface area (Å²) in [5.74, 6) is -1.34. The molecule has 6 nitrogen and oxygen atoms in total. The lowest BCUT2D eigenvalue weighted by Crippen LogP contribution is -2.50. The summed E-state index contributed by atoms with van der Waals surface area (Å²) in [4.78, 5) is 10.7. The third kappa shape index (κ3) is 2.23. The zero-order valence-corrected chi connectivity index (χ0v) is 8.40. The smallest absolute Gasteiger partial charge is 0.324 e. The zero-order valence-electron chi connectivity index (χ0n) is 7.59. The van der Waals surface area contributed by atoms with Crippen molar-refractivity contribution in [2.75, 3.05) is 18.9 Å². The van der Waals surface area contributed by atoms with Gasteiger partial charge in [0.25, 0.3) is 0 Å². The number of carboxylic acids is 1. The molecule has 0 spiro atoms. The fourth-order valence-electron chi connectivity index (χ4n) is 1.45. The lowest BCUT2D eigenvalue weighted by molar-refractivity contribution is -0.142. The molecule has 0 amide bonds. The van der Waals surface area contributed by atoms with Gasteiger partial charge in [-0.15, -0.1) is 0 Å². The van der Waals surface area contributed by atoms with Crippen molar-refractivity contribution in [2.45, 2.75) is 18.9 Å². The molecule has 0 bridgehead atoms. The first-order valence-electron chi connectivity index (χ1n) is 4.32. The number of rotatable bonds is 3. The Balaban J connectivity index is 2.88. The topological polar surface area (TPSA) is 94.9 Å². The number of hydrogen-bond acceptors (Lipinski definition) is 4. The summed E-state index contributed by atoms with van der Waals surface area (Å²) in [6.45, 7) is -0.506. The van der Waals surface area contributed by atoms with Gasteiger partial charge in [0.15, 0.2) is 0 Å². The number of aliphatic carboxylic acids is 1. The lowest BCUT2D eigenvalue weighted by Gasteiger charge is -2.29. The summed E-state index contributed by atoms with van der Waals surface area (Å²) in [6, 6.07) is -1.33. The standard InChI is InChI=1S/C7H13NO5S/c9-5-6(7(10)11)8-3-1-2-4-14(8,12)13/h6,9H,1-5H2,(H,10,11). The van der Waals surface area contributed by atoms with Crippen LogP contribution in [0, 0.1) is 0 Å². The monoisotopic (exact) mass is 223 g/mol. The molecule has 82 valence electrons. The van der Waals surface area contributed by atoms with Gasteiger partial charge in [-0.05, 0) is 12.8 Å². The van der Waals surface area contributed by atoms with E-state index in [1.54, 1.807) is 0 Å². The van der Waals surface area contributed by atoms with Crippen molar-refractivity contribution in [3.05, 3.63) is 0 Å². The van der Waals surface area contributed by atoms with E-state index in [1.807, 2.05) is 0 Å². The number of carbonyl (C=O) groups is 1. The molecular formula is C7H13NO5S. The average Bonchev–Trinajstić information content (AvgIpc) is 2.08. The second-order valence-electron chi connectivity index (χ2n) is 3.17. The summed E-state index contributed by atoms with van der Waals surface area (Å²) in [6.07, 6.45) is 1.19. The van der Waals surface area contributed by atoms with Crippen molar-refractivity contribution in [2.24, 2.45) is 0 Å². The van der Waals surface area contributed by atoms with Gasteiger partial charge < -0.3 is 10.2 Å². The van der Waals surface area contributed by atoms with E-state index in [0.717, 1.165) is 4.31 Å². The number of aliphatic hydroxyl groups excluding tert-OH is 1. The van der Waals surface area contributed by atoms with Crippen LogP contribution in [0.3, 0.4) is 0 Å². The highest BCUT2D eigenvalue weighted by Gasteiger charge is 2.35. The van der Waals surface area contributed by atoms with Crippen molar-refractivity contribution in [3.8, 4) is 0 Å². The normalized spacial score (nSPS) is 24.4. The molecule has 0 radical (unpaired) electrons. The Bertz CT molecular complexity index is 312. The van der Waals surface area contributed by atoms with E-state index in [9.17, 15) is 13.2 Å². The molecule has 2 N–H and O–H groups in total. The first-order valence-corrected chi connectivity index (χ1v) is 5.93. The van der Waals surface area contributed by atoms with Crippen molar-refractivity contribution in [1.82, 2.24) is 4.31 Å². The van der Waals surface area contributed by atoms with Gasteiger partial charge in [0, 0.05) is 6.54 Å². The van der Waals surface area contributed by atoms with Crippen LogP contribution < -0.4 is 0 Å². The van der Waals surface area contributed by atoms with Gasteiger partial charge in [-0.2, -0.15) is 4.31 Å². The van der Waals surface area contributed by atoms with Crippen LogP contribution >= 0.6 is 0 Å².